The summed E-state index contributed by atoms with van der Waals surface area (Å²) in [7, 11) is 0. The first kappa shape index (κ1) is 15.7. The van der Waals surface area contributed by atoms with Crippen LogP contribution in [0.5, 0.6) is 5.75 Å². The Labute approximate surface area is 148 Å². The lowest BCUT2D eigenvalue weighted by Gasteiger charge is -2.18. The Hall–Kier alpha value is -2.80. The first-order chi connectivity index (χ1) is 12.1. The number of ether oxygens (including phenoxy) is 1. The highest BCUT2D eigenvalue weighted by Crippen LogP contribution is 2.40. The molecule has 0 amide bonds. The van der Waals surface area contributed by atoms with E-state index in [1.54, 1.807) is 0 Å². The molecule has 0 fully saturated rings. The largest absolute Gasteiger partial charge is 0.491 e. The minimum atomic E-state index is 0.165. The van der Waals surface area contributed by atoms with Gasteiger partial charge in [-0.2, -0.15) is 0 Å². The molecule has 0 unspecified atom stereocenters. The highest BCUT2D eigenvalue weighted by molar-refractivity contribution is 6.13. The molecule has 0 aliphatic carbocycles. The lowest BCUT2D eigenvalue weighted by atomic mass is 9.90. The fourth-order valence-electron chi connectivity index (χ4n) is 3.57. The van der Waals surface area contributed by atoms with E-state index in [0.29, 0.717) is 0 Å². The summed E-state index contributed by atoms with van der Waals surface area (Å²) in [5.41, 5.74) is 3.73. The van der Waals surface area contributed by atoms with Gasteiger partial charge in [-0.15, -0.1) is 0 Å². The number of hydrogen-bond acceptors (Lipinski definition) is 1. The van der Waals surface area contributed by atoms with Crippen LogP contribution in [-0.2, 0) is 0 Å². The molecule has 0 atom stereocenters. The molecule has 0 aliphatic rings. The number of rotatable bonds is 3. The summed E-state index contributed by atoms with van der Waals surface area (Å²) < 4.78 is 6.03. The quantitative estimate of drug-likeness (QED) is 0.378. The van der Waals surface area contributed by atoms with Crippen LogP contribution < -0.4 is 4.74 Å². The first-order valence-electron chi connectivity index (χ1n) is 8.82. The van der Waals surface area contributed by atoms with Gasteiger partial charge in [-0.25, -0.2) is 0 Å². The molecule has 0 heterocycles. The number of fused-ring (bicyclic) bond motifs is 2. The molecule has 0 spiro atoms. The van der Waals surface area contributed by atoms with Crippen LogP contribution in [0.1, 0.15) is 19.4 Å². The molecule has 0 N–H and O–H groups in total. The Balaban J connectivity index is 2.09. The second-order valence-electron chi connectivity index (χ2n) is 6.79. The summed E-state index contributed by atoms with van der Waals surface area (Å²) in [6, 6.07) is 25.9. The van der Waals surface area contributed by atoms with E-state index in [0.717, 1.165) is 5.75 Å². The molecule has 1 nitrogen and oxygen atoms in total. The lowest BCUT2D eigenvalue weighted by Crippen LogP contribution is -2.07. The molecule has 4 aromatic rings. The van der Waals surface area contributed by atoms with Gasteiger partial charge in [0.1, 0.15) is 5.75 Å². The minimum Gasteiger partial charge on any atom is -0.491 e. The van der Waals surface area contributed by atoms with Gasteiger partial charge in [0.25, 0.3) is 0 Å². The van der Waals surface area contributed by atoms with E-state index in [9.17, 15) is 0 Å². The zero-order chi connectivity index (χ0) is 17.4. The fourth-order valence-corrected chi connectivity index (χ4v) is 3.57. The third-order valence-electron chi connectivity index (χ3n) is 4.69. The Morgan fingerprint density at radius 1 is 0.720 bits per heavy atom. The van der Waals surface area contributed by atoms with Gasteiger partial charge in [-0.1, -0.05) is 60.7 Å². The Kier molecular flexibility index (Phi) is 3.93. The normalized spacial score (nSPS) is 11.4. The van der Waals surface area contributed by atoms with Crippen molar-refractivity contribution in [2.75, 3.05) is 0 Å². The third kappa shape index (κ3) is 2.76. The first-order valence-corrected chi connectivity index (χ1v) is 8.82. The van der Waals surface area contributed by atoms with Crippen molar-refractivity contribution in [1.82, 2.24) is 0 Å². The van der Waals surface area contributed by atoms with Crippen LogP contribution >= 0.6 is 0 Å². The minimum absolute atomic E-state index is 0.165. The van der Waals surface area contributed by atoms with Gasteiger partial charge in [0.15, 0.2) is 0 Å². The molecular formula is C24H22O. The topological polar surface area (TPSA) is 9.23 Å². The van der Waals surface area contributed by atoms with Crippen LogP contribution in [-0.4, -0.2) is 6.10 Å². The Morgan fingerprint density at radius 2 is 1.32 bits per heavy atom. The predicted octanol–water partition coefficient (Wildman–Crippen LogP) is 6.76. The van der Waals surface area contributed by atoms with Crippen molar-refractivity contribution in [1.29, 1.82) is 0 Å². The summed E-state index contributed by atoms with van der Waals surface area (Å²) >= 11 is 0. The maximum Gasteiger partial charge on any atom is 0.123 e. The standard InChI is InChI=1S/C24H22O/c1-16(2)25-23-14-8-13-20(17(23)3)24-21-11-6-4-9-18(21)15-19-10-5-7-12-22(19)24/h4-16H,1-3H3. The molecule has 0 aliphatic heterocycles. The average molecular weight is 326 g/mol. The van der Waals surface area contributed by atoms with Crippen LogP contribution in [0.2, 0.25) is 0 Å². The molecule has 0 radical (unpaired) electrons. The molecule has 0 saturated carbocycles. The van der Waals surface area contributed by atoms with Gasteiger partial charge in [0, 0.05) is 0 Å². The summed E-state index contributed by atoms with van der Waals surface area (Å²) in [4.78, 5) is 0. The van der Waals surface area contributed by atoms with Gasteiger partial charge in [0.2, 0.25) is 0 Å². The summed E-state index contributed by atoms with van der Waals surface area (Å²) in [5, 5.41) is 5.11. The van der Waals surface area contributed by atoms with Gasteiger partial charge in [-0.05, 0) is 71.1 Å². The van der Waals surface area contributed by atoms with Crippen molar-refractivity contribution < 1.29 is 4.74 Å². The van der Waals surface area contributed by atoms with E-state index in [1.807, 2.05) is 0 Å². The zero-order valence-corrected chi connectivity index (χ0v) is 14.9. The van der Waals surface area contributed by atoms with E-state index >= 15 is 0 Å². The Morgan fingerprint density at radius 3 is 1.92 bits per heavy atom. The van der Waals surface area contributed by atoms with E-state index < -0.39 is 0 Å². The van der Waals surface area contributed by atoms with Crippen LogP contribution in [0.3, 0.4) is 0 Å². The number of benzene rings is 4. The van der Waals surface area contributed by atoms with E-state index in [1.165, 1.54) is 38.2 Å². The van der Waals surface area contributed by atoms with Crippen molar-refractivity contribution in [2.45, 2.75) is 26.9 Å². The maximum absolute atomic E-state index is 6.03. The van der Waals surface area contributed by atoms with E-state index in [4.69, 9.17) is 4.74 Å². The highest BCUT2D eigenvalue weighted by Gasteiger charge is 2.14. The molecule has 25 heavy (non-hydrogen) atoms. The lowest BCUT2D eigenvalue weighted by molar-refractivity contribution is 0.241. The highest BCUT2D eigenvalue weighted by atomic mass is 16.5. The van der Waals surface area contributed by atoms with Gasteiger partial charge in [0.05, 0.1) is 6.10 Å². The second-order valence-corrected chi connectivity index (χ2v) is 6.79. The van der Waals surface area contributed by atoms with Crippen molar-refractivity contribution in [2.24, 2.45) is 0 Å². The van der Waals surface area contributed by atoms with Gasteiger partial charge >= 0.3 is 0 Å². The molecule has 124 valence electrons. The van der Waals surface area contributed by atoms with Gasteiger partial charge in [-0.3, -0.25) is 0 Å². The molecule has 0 saturated heterocycles. The van der Waals surface area contributed by atoms with Crippen LogP contribution in [0.4, 0.5) is 0 Å². The predicted molar refractivity (Wildman–Crippen MR) is 107 cm³/mol. The smallest absolute Gasteiger partial charge is 0.123 e. The van der Waals surface area contributed by atoms with E-state index in [2.05, 4.69) is 93.6 Å². The average Bonchev–Trinajstić information content (AvgIpc) is 2.61. The monoisotopic (exact) mass is 326 g/mol. The Bertz CT molecular complexity index is 1010. The number of hydrogen-bond donors (Lipinski definition) is 0. The fraction of sp³-hybridized carbons (Fsp3) is 0.167. The molecule has 1 heteroatoms. The van der Waals surface area contributed by atoms with Crippen molar-refractivity contribution in [3.63, 3.8) is 0 Å². The van der Waals surface area contributed by atoms with Crippen LogP contribution in [0.15, 0.2) is 72.8 Å². The second kappa shape index (κ2) is 6.25. The molecule has 4 aromatic carbocycles. The summed E-state index contributed by atoms with van der Waals surface area (Å²) in [6.45, 7) is 6.29. The maximum atomic E-state index is 6.03. The van der Waals surface area contributed by atoms with Crippen LogP contribution in [0, 0.1) is 6.92 Å². The SMILES string of the molecule is Cc1c(OC(C)C)cccc1-c1c2ccccc2cc2ccccc12. The molecule has 4 rings (SSSR count). The molecule has 0 bridgehead atoms. The van der Waals surface area contributed by atoms with Crippen molar-refractivity contribution in [3.05, 3.63) is 78.4 Å². The zero-order valence-electron chi connectivity index (χ0n) is 14.9. The molecule has 0 aromatic heterocycles. The summed E-state index contributed by atoms with van der Waals surface area (Å²) in [5.74, 6) is 0.963. The third-order valence-corrected chi connectivity index (χ3v) is 4.69. The molecular weight excluding hydrogens is 304 g/mol. The van der Waals surface area contributed by atoms with Crippen molar-refractivity contribution in [3.8, 4) is 16.9 Å². The van der Waals surface area contributed by atoms with Crippen molar-refractivity contribution >= 4 is 21.5 Å². The van der Waals surface area contributed by atoms with E-state index in [-0.39, 0.29) is 6.10 Å². The summed E-state index contributed by atoms with van der Waals surface area (Å²) in [6.07, 6.45) is 0.165. The van der Waals surface area contributed by atoms with Gasteiger partial charge < -0.3 is 4.74 Å². The van der Waals surface area contributed by atoms with Crippen LogP contribution in [0.25, 0.3) is 32.7 Å².